The van der Waals surface area contributed by atoms with Crippen molar-refractivity contribution in [2.45, 2.75) is 24.7 Å². The fourth-order valence-corrected chi connectivity index (χ4v) is 3.60. The van der Waals surface area contributed by atoms with E-state index in [0.717, 1.165) is 0 Å². The van der Waals surface area contributed by atoms with E-state index >= 15 is 0 Å². The molecule has 0 aromatic heterocycles. The van der Waals surface area contributed by atoms with Crippen LogP contribution < -0.4 is 0 Å². The molecule has 1 unspecified atom stereocenters. The highest BCUT2D eigenvalue weighted by atomic mass is 32.2. The Morgan fingerprint density at radius 1 is 1.35 bits per heavy atom. The van der Waals surface area contributed by atoms with Crippen LogP contribution in [0.4, 0.5) is 0 Å². The second kappa shape index (κ2) is 3.70. The molecule has 1 N–H and O–H groups in total. The van der Waals surface area contributed by atoms with E-state index < -0.39 is 21.7 Å². The van der Waals surface area contributed by atoms with Crippen molar-refractivity contribution in [2.75, 3.05) is 0 Å². The van der Waals surface area contributed by atoms with Gasteiger partial charge in [-0.05, 0) is 31.1 Å². The Hall–Kier alpha value is -1.62. The monoisotopic (exact) mass is 252 g/mol. The molecule has 5 heteroatoms. The Morgan fingerprint density at radius 3 is 2.59 bits per heavy atom. The Kier molecular flexibility index (Phi) is 2.58. The van der Waals surface area contributed by atoms with Crippen LogP contribution >= 0.6 is 0 Å². The maximum atomic E-state index is 11.8. The van der Waals surface area contributed by atoms with E-state index in [1.165, 1.54) is 11.5 Å². The van der Waals surface area contributed by atoms with Gasteiger partial charge in [-0.2, -0.15) is 0 Å². The van der Waals surface area contributed by atoms with Crippen LogP contribution in [-0.4, -0.2) is 19.5 Å². The summed E-state index contributed by atoms with van der Waals surface area (Å²) in [5.41, 5.74) is 1.69. The van der Waals surface area contributed by atoms with Crippen molar-refractivity contribution in [1.29, 1.82) is 0 Å². The molecule has 1 aromatic carbocycles. The van der Waals surface area contributed by atoms with Crippen molar-refractivity contribution in [2.24, 2.45) is 0 Å². The van der Waals surface area contributed by atoms with E-state index in [1.807, 2.05) is 0 Å². The fraction of sp³-hybridized carbons (Fsp3) is 0.250. The molecular formula is C12H12O4S. The normalized spacial score (nSPS) is 18.4. The second-order valence-electron chi connectivity index (χ2n) is 4.13. The zero-order chi connectivity index (χ0) is 12.8. The maximum absolute atomic E-state index is 11.8. The van der Waals surface area contributed by atoms with Gasteiger partial charge in [-0.25, -0.2) is 8.42 Å². The number of rotatable bonds is 2. The minimum atomic E-state index is -3.39. The van der Waals surface area contributed by atoms with Crippen LogP contribution in [0.1, 0.15) is 30.9 Å². The number of carboxylic acids is 1. The lowest BCUT2D eigenvalue weighted by atomic mass is 9.93. The lowest BCUT2D eigenvalue weighted by Gasteiger charge is -2.12. The highest BCUT2D eigenvalue weighted by Crippen LogP contribution is 2.38. The standard InChI is InChI=1S/C12H12O4S/c1-7-6-17(15,16)10-5-3-4-9(11(7)10)8(2)12(13)14/h3-6,8H,1-2H3,(H,13,14). The molecule has 4 nitrogen and oxygen atoms in total. The summed E-state index contributed by atoms with van der Waals surface area (Å²) in [7, 11) is -3.39. The number of aliphatic carboxylic acids is 1. The van der Waals surface area contributed by atoms with Gasteiger partial charge in [-0.3, -0.25) is 4.79 Å². The number of fused-ring (bicyclic) bond motifs is 1. The molecular weight excluding hydrogens is 240 g/mol. The maximum Gasteiger partial charge on any atom is 0.310 e. The average molecular weight is 252 g/mol. The Balaban J connectivity index is 2.73. The molecule has 0 fully saturated rings. The lowest BCUT2D eigenvalue weighted by molar-refractivity contribution is -0.138. The molecule has 17 heavy (non-hydrogen) atoms. The SMILES string of the molecule is CC1=CS(=O)(=O)c2cccc(C(C)C(=O)O)c21. The summed E-state index contributed by atoms with van der Waals surface area (Å²) in [4.78, 5) is 11.2. The van der Waals surface area contributed by atoms with Crippen LogP contribution in [-0.2, 0) is 14.6 Å². The third kappa shape index (κ3) is 1.76. The summed E-state index contributed by atoms with van der Waals surface area (Å²) in [6.45, 7) is 3.23. The molecule has 0 saturated carbocycles. The smallest absolute Gasteiger partial charge is 0.310 e. The quantitative estimate of drug-likeness (QED) is 0.874. The van der Waals surface area contributed by atoms with Crippen LogP contribution in [0.3, 0.4) is 0 Å². The number of hydrogen-bond acceptors (Lipinski definition) is 3. The first-order valence-electron chi connectivity index (χ1n) is 5.14. The summed E-state index contributed by atoms with van der Waals surface area (Å²) in [6.07, 6.45) is 0. The molecule has 0 bridgehead atoms. The molecule has 1 heterocycles. The highest BCUT2D eigenvalue weighted by molar-refractivity contribution is 7.95. The minimum absolute atomic E-state index is 0.209. The van der Waals surface area contributed by atoms with Crippen LogP contribution in [0.5, 0.6) is 0 Å². The predicted octanol–water partition coefficient (Wildman–Crippen LogP) is 2.02. The zero-order valence-corrected chi connectivity index (χ0v) is 10.3. The van der Waals surface area contributed by atoms with Crippen molar-refractivity contribution >= 4 is 21.4 Å². The summed E-state index contributed by atoms with van der Waals surface area (Å²) < 4.78 is 23.6. The van der Waals surface area contributed by atoms with E-state index in [-0.39, 0.29) is 4.90 Å². The van der Waals surface area contributed by atoms with Gasteiger partial charge in [0.05, 0.1) is 10.8 Å². The topological polar surface area (TPSA) is 71.4 Å². The first-order valence-corrected chi connectivity index (χ1v) is 6.68. The van der Waals surface area contributed by atoms with Gasteiger partial charge >= 0.3 is 5.97 Å². The van der Waals surface area contributed by atoms with Gasteiger partial charge in [0.2, 0.25) is 9.84 Å². The van der Waals surface area contributed by atoms with E-state index in [0.29, 0.717) is 16.7 Å². The average Bonchev–Trinajstić information content (AvgIpc) is 2.48. The van der Waals surface area contributed by atoms with Crippen molar-refractivity contribution in [3.8, 4) is 0 Å². The molecule has 0 aliphatic carbocycles. The van der Waals surface area contributed by atoms with Gasteiger partial charge in [0, 0.05) is 11.0 Å². The molecule has 2 rings (SSSR count). The summed E-state index contributed by atoms with van der Waals surface area (Å²) in [6, 6.07) is 4.75. The van der Waals surface area contributed by atoms with Crippen LogP contribution in [0.25, 0.3) is 5.57 Å². The molecule has 1 aromatic rings. The van der Waals surface area contributed by atoms with Crippen molar-refractivity contribution in [1.82, 2.24) is 0 Å². The van der Waals surface area contributed by atoms with Gasteiger partial charge in [-0.1, -0.05) is 12.1 Å². The van der Waals surface area contributed by atoms with Crippen molar-refractivity contribution < 1.29 is 18.3 Å². The van der Waals surface area contributed by atoms with Gasteiger partial charge in [0.15, 0.2) is 0 Å². The highest BCUT2D eigenvalue weighted by Gasteiger charge is 2.29. The Labute approximate surface area is 99.5 Å². The number of allylic oxidation sites excluding steroid dienone is 1. The Morgan fingerprint density at radius 2 is 2.00 bits per heavy atom. The van der Waals surface area contributed by atoms with Gasteiger partial charge < -0.3 is 5.11 Å². The summed E-state index contributed by atoms with van der Waals surface area (Å²) in [5.74, 6) is -1.68. The molecule has 0 spiro atoms. The number of sulfone groups is 1. The van der Waals surface area contributed by atoms with Crippen molar-refractivity contribution in [3.05, 3.63) is 34.7 Å². The van der Waals surface area contributed by atoms with Gasteiger partial charge in [-0.15, -0.1) is 0 Å². The predicted molar refractivity (Wildman–Crippen MR) is 63.3 cm³/mol. The third-order valence-corrected chi connectivity index (χ3v) is 4.55. The zero-order valence-electron chi connectivity index (χ0n) is 9.47. The molecule has 1 aliphatic rings. The van der Waals surface area contributed by atoms with E-state index in [4.69, 9.17) is 5.11 Å². The molecule has 1 aliphatic heterocycles. The van der Waals surface area contributed by atoms with E-state index in [2.05, 4.69) is 0 Å². The van der Waals surface area contributed by atoms with Crippen LogP contribution in [0, 0.1) is 0 Å². The molecule has 1 atom stereocenters. The van der Waals surface area contributed by atoms with Gasteiger partial charge in [0.1, 0.15) is 0 Å². The summed E-state index contributed by atoms with van der Waals surface area (Å²) in [5, 5.41) is 10.2. The molecule has 0 amide bonds. The first kappa shape index (κ1) is 11.9. The van der Waals surface area contributed by atoms with Gasteiger partial charge in [0.25, 0.3) is 0 Å². The number of benzene rings is 1. The third-order valence-electron chi connectivity index (χ3n) is 2.93. The van der Waals surface area contributed by atoms with Crippen LogP contribution in [0.15, 0.2) is 28.5 Å². The number of carboxylic acid groups (broad SMARTS) is 1. The van der Waals surface area contributed by atoms with E-state index in [9.17, 15) is 13.2 Å². The van der Waals surface area contributed by atoms with E-state index in [1.54, 1.807) is 26.0 Å². The molecule has 90 valence electrons. The minimum Gasteiger partial charge on any atom is -0.481 e. The molecule has 0 radical (unpaired) electrons. The van der Waals surface area contributed by atoms with Crippen LogP contribution in [0.2, 0.25) is 0 Å². The second-order valence-corrected chi connectivity index (χ2v) is 5.89. The fourth-order valence-electron chi connectivity index (χ4n) is 2.06. The summed E-state index contributed by atoms with van der Waals surface area (Å²) >= 11 is 0. The molecule has 0 saturated heterocycles. The van der Waals surface area contributed by atoms with Crippen molar-refractivity contribution in [3.63, 3.8) is 0 Å². The number of carbonyl (C=O) groups is 1. The lowest BCUT2D eigenvalue weighted by Crippen LogP contribution is -2.10. The first-order chi connectivity index (χ1) is 7.84. The number of hydrogen-bond donors (Lipinski definition) is 1. The largest absolute Gasteiger partial charge is 0.481 e. The Bertz CT molecular complexity index is 626.